The molecule has 4 N–H and O–H groups in total. The first-order chi connectivity index (χ1) is 16.5. The van der Waals surface area contributed by atoms with Crippen LogP contribution in [0.3, 0.4) is 0 Å². The summed E-state index contributed by atoms with van der Waals surface area (Å²) in [5.41, 5.74) is 11.1. The quantitative estimate of drug-likeness (QED) is 0.411. The lowest BCUT2D eigenvalue weighted by Crippen LogP contribution is -2.47. The van der Waals surface area contributed by atoms with Crippen LogP contribution in [-0.2, 0) is 10.0 Å². The van der Waals surface area contributed by atoms with Gasteiger partial charge in [-0.1, -0.05) is 6.07 Å². The fourth-order valence-electron chi connectivity index (χ4n) is 7.51. The molecule has 2 unspecified atom stereocenters. The predicted octanol–water partition coefficient (Wildman–Crippen LogP) is 4.20. The minimum Gasteiger partial charge on any atom is -0.382 e. The number of rotatable bonds is 3. The fraction of sp³-hybridized carbons (Fsp3) is 0.440. The lowest BCUT2D eigenvalue weighted by molar-refractivity contribution is 0.238. The van der Waals surface area contributed by atoms with Gasteiger partial charge in [-0.25, -0.2) is 8.42 Å². The summed E-state index contributed by atoms with van der Waals surface area (Å²) in [4.78, 5) is 0. The molecule has 3 heterocycles. The zero-order chi connectivity index (χ0) is 22.8. The molecule has 3 saturated carbocycles. The molecule has 8 rings (SSSR count). The lowest BCUT2D eigenvalue weighted by atomic mass is 9.67. The summed E-state index contributed by atoms with van der Waals surface area (Å²) >= 11 is 0. The van der Waals surface area contributed by atoms with Crippen LogP contribution in [0.1, 0.15) is 55.2 Å². The molecule has 3 fully saturated rings. The molecule has 5 atom stereocenters. The summed E-state index contributed by atoms with van der Waals surface area (Å²) in [6.45, 7) is 0. The highest BCUT2D eigenvalue weighted by Gasteiger charge is 2.59. The molecule has 1 aliphatic heterocycles. The van der Waals surface area contributed by atoms with E-state index < -0.39 is 10.0 Å². The van der Waals surface area contributed by atoms with Gasteiger partial charge >= 0.3 is 0 Å². The van der Waals surface area contributed by atoms with E-state index in [0.29, 0.717) is 23.6 Å². The molecule has 4 aromatic rings. The molecular formula is C25H26N6O2S. The zero-order valence-corrected chi connectivity index (χ0v) is 19.4. The third-order valence-corrected chi connectivity index (χ3v) is 11.3. The van der Waals surface area contributed by atoms with E-state index in [4.69, 9.17) is 5.73 Å². The number of anilines is 2. The first-order valence-electron chi connectivity index (χ1n) is 12.2. The van der Waals surface area contributed by atoms with Crippen molar-refractivity contribution in [3.05, 3.63) is 47.7 Å². The summed E-state index contributed by atoms with van der Waals surface area (Å²) in [5, 5.41) is 16.2. The van der Waals surface area contributed by atoms with Crippen LogP contribution in [0.5, 0.6) is 0 Å². The van der Waals surface area contributed by atoms with Crippen LogP contribution in [0.2, 0.25) is 0 Å². The summed E-state index contributed by atoms with van der Waals surface area (Å²) in [6, 6.07) is 9.89. The van der Waals surface area contributed by atoms with Gasteiger partial charge in [-0.2, -0.15) is 10.2 Å². The molecule has 2 aromatic carbocycles. The number of hydrogen-bond acceptors (Lipinski definition) is 5. The number of nitrogens with one attached hydrogen (secondary N) is 2. The molecule has 0 radical (unpaired) electrons. The highest BCUT2D eigenvalue weighted by Crippen LogP contribution is 2.67. The highest BCUT2D eigenvalue weighted by atomic mass is 32.2. The van der Waals surface area contributed by atoms with Crippen LogP contribution < -0.4 is 10.0 Å². The van der Waals surface area contributed by atoms with Crippen molar-refractivity contribution in [1.29, 1.82) is 0 Å². The van der Waals surface area contributed by atoms with Gasteiger partial charge in [0.1, 0.15) is 0 Å². The third kappa shape index (κ3) is 2.35. The first-order valence-corrected chi connectivity index (χ1v) is 13.8. The number of fused-ring (bicyclic) bond motifs is 10. The normalized spacial score (nSPS) is 30.2. The van der Waals surface area contributed by atoms with Crippen LogP contribution in [0.25, 0.3) is 21.8 Å². The second-order valence-corrected chi connectivity index (χ2v) is 12.8. The van der Waals surface area contributed by atoms with Crippen molar-refractivity contribution in [1.82, 2.24) is 20.4 Å². The number of hydrogen-bond donors (Lipinski definition) is 3. The largest absolute Gasteiger partial charge is 0.382 e. The molecule has 8 nitrogen and oxygen atoms in total. The predicted molar refractivity (Wildman–Crippen MR) is 131 cm³/mol. The molecule has 0 spiro atoms. The van der Waals surface area contributed by atoms with Crippen molar-refractivity contribution in [2.75, 3.05) is 10.0 Å². The Hall–Kier alpha value is -3.07. The van der Waals surface area contributed by atoms with Crippen LogP contribution >= 0.6 is 0 Å². The van der Waals surface area contributed by atoms with E-state index in [-0.39, 0.29) is 17.2 Å². The Morgan fingerprint density at radius 1 is 0.971 bits per heavy atom. The number of nitrogen functional groups attached to an aromatic ring is 1. The topological polar surface area (TPSA) is 121 Å². The smallest absolute Gasteiger partial charge is 0.238 e. The Balaban J connectivity index is 1.44. The van der Waals surface area contributed by atoms with Gasteiger partial charge in [0.15, 0.2) is 5.82 Å². The Morgan fingerprint density at radius 3 is 2.62 bits per heavy atom. The van der Waals surface area contributed by atoms with E-state index in [9.17, 15) is 8.42 Å². The molecule has 2 bridgehead atoms. The molecule has 9 heteroatoms. The Labute approximate surface area is 196 Å². The highest BCUT2D eigenvalue weighted by molar-refractivity contribution is 7.93. The summed E-state index contributed by atoms with van der Waals surface area (Å²) in [6.07, 6.45) is 6.93. The molecular weight excluding hydrogens is 448 g/mol. The van der Waals surface area contributed by atoms with E-state index in [2.05, 4.69) is 32.5 Å². The second kappa shape index (κ2) is 6.33. The van der Waals surface area contributed by atoms with Crippen molar-refractivity contribution in [2.45, 2.75) is 49.3 Å². The Bertz CT molecular complexity index is 1590. The Morgan fingerprint density at radius 2 is 1.76 bits per heavy atom. The maximum Gasteiger partial charge on any atom is 0.238 e. The van der Waals surface area contributed by atoms with E-state index in [1.807, 2.05) is 28.7 Å². The number of nitrogens with two attached hydrogens (primary N) is 1. The van der Waals surface area contributed by atoms with E-state index in [1.54, 1.807) is 0 Å². The third-order valence-electron chi connectivity index (χ3n) is 8.99. The average Bonchev–Trinajstić information content (AvgIpc) is 3.17. The molecule has 0 amide bonds. The van der Waals surface area contributed by atoms with Crippen LogP contribution in [0.15, 0.2) is 36.5 Å². The number of H-pyrrole nitrogens is 2. The van der Waals surface area contributed by atoms with Gasteiger partial charge in [-0.05, 0) is 91.2 Å². The van der Waals surface area contributed by atoms with Gasteiger partial charge < -0.3 is 5.73 Å². The average molecular weight is 475 g/mol. The number of benzene rings is 2. The van der Waals surface area contributed by atoms with Crippen molar-refractivity contribution in [2.24, 2.45) is 17.8 Å². The van der Waals surface area contributed by atoms with Gasteiger partial charge in [0.05, 0.1) is 34.2 Å². The SMILES string of the molecule is Nc1n[nH]c2ccc([C@H]3[C@@H]4C5CCC(C5)[C@@H]4c4c(ccc5[nH]ncc45)N3S(=O)(=O)C3CC3)cc12. The molecule has 3 aliphatic carbocycles. The zero-order valence-electron chi connectivity index (χ0n) is 18.6. The van der Waals surface area contributed by atoms with Crippen molar-refractivity contribution in [3.63, 3.8) is 0 Å². The number of sulfonamides is 1. The van der Waals surface area contributed by atoms with E-state index >= 15 is 0 Å². The van der Waals surface area contributed by atoms with Gasteiger partial charge in [0.2, 0.25) is 10.0 Å². The molecule has 2 aromatic heterocycles. The minimum atomic E-state index is -3.51. The number of aromatic amines is 2. The minimum absolute atomic E-state index is 0.235. The van der Waals surface area contributed by atoms with Gasteiger partial charge in [0.25, 0.3) is 0 Å². The van der Waals surface area contributed by atoms with Gasteiger partial charge in [0, 0.05) is 10.8 Å². The monoisotopic (exact) mass is 474 g/mol. The van der Waals surface area contributed by atoms with Crippen molar-refractivity contribution >= 4 is 43.3 Å². The number of aromatic nitrogens is 4. The summed E-state index contributed by atoms with van der Waals surface area (Å²) in [7, 11) is -3.51. The maximum atomic E-state index is 14.1. The van der Waals surface area contributed by atoms with Crippen LogP contribution in [0.4, 0.5) is 11.5 Å². The van der Waals surface area contributed by atoms with E-state index in [0.717, 1.165) is 45.9 Å². The maximum absolute atomic E-state index is 14.1. The van der Waals surface area contributed by atoms with Crippen molar-refractivity contribution in [3.8, 4) is 0 Å². The first kappa shape index (κ1) is 19.3. The van der Waals surface area contributed by atoms with Gasteiger partial charge in [-0.15, -0.1) is 0 Å². The second-order valence-electron chi connectivity index (χ2n) is 10.7. The van der Waals surface area contributed by atoms with Crippen LogP contribution in [0, 0.1) is 17.8 Å². The summed E-state index contributed by atoms with van der Waals surface area (Å²) < 4.78 is 30.0. The standard InChI is InChI=1S/C25H26N6O2S/c26-25-16-10-14(3-6-18(16)29-30-25)24-22-13-2-1-12(9-13)21(22)23-17-11-27-28-19(17)7-8-20(23)31(24)34(32,33)15-4-5-15/h3,6-8,10-13,15,21-22,24H,1-2,4-5,9H2,(H,27,28)(H3,26,29,30)/t12?,13?,21-,22+,24-/m0/s1. The fourth-order valence-corrected chi connectivity index (χ4v) is 9.58. The summed E-state index contributed by atoms with van der Waals surface area (Å²) in [5.74, 6) is 2.14. The van der Waals surface area contributed by atoms with Gasteiger partial charge in [-0.3, -0.25) is 14.5 Å². The molecule has 0 saturated heterocycles. The van der Waals surface area contributed by atoms with Crippen molar-refractivity contribution < 1.29 is 8.42 Å². The molecule has 174 valence electrons. The molecule has 34 heavy (non-hydrogen) atoms. The lowest BCUT2D eigenvalue weighted by Gasteiger charge is -2.49. The number of nitrogens with zero attached hydrogens (tertiary/aromatic N) is 3. The van der Waals surface area contributed by atoms with E-state index in [1.165, 1.54) is 24.8 Å². The van der Waals surface area contributed by atoms with Crippen LogP contribution in [-0.4, -0.2) is 34.1 Å². The Kier molecular flexibility index (Phi) is 3.58. The molecule has 4 aliphatic rings.